The van der Waals surface area contributed by atoms with E-state index in [0.29, 0.717) is 5.75 Å². The Labute approximate surface area is 96.6 Å². The molecule has 2 nitrogen and oxygen atoms in total. The molecule has 1 rings (SSSR count). The highest BCUT2D eigenvalue weighted by Crippen LogP contribution is 2.20. The molecule has 1 N–H and O–H groups in total. The summed E-state index contributed by atoms with van der Waals surface area (Å²) in [5, 5.41) is 2.82. The summed E-state index contributed by atoms with van der Waals surface area (Å²) in [6.45, 7) is 2.01. The molecule has 0 bridgehead atoms. The van der Waals surface area contributed by atoms with Crippen molar-refractivity contribution in [1.29, 1.82) is 0 Å². The number of amides is 1. The van der Waals surface area contributed by atoms with Crippen LogP contribution in [0.4, 0.5) is 5.69 Å². The second-order valence-electron chi connectivity index (χ2n) is 2.95. The van der Waals surface area contributed by atoms with E-state index in [-0.39, 0.29) is 5.91 Å². The molecule has 0 radical (unpaired) electrons. The van der Waals surface area contributed by atoms with Gasteiger partial charge in [-0.3, -0.25) is 4.79 Å². The van der Waals surface area contributed by atoms with E-state index in [0.717, 1.165) is 15.7 Å². The number of carbonyl (C=O) groups is 1. The SMILES string of the molecule is CSCC(=O)Nc1ccc(C)c(Br)c1. The van der Waals surface area contributed by atoms with Crippen LogP contribution in [-0.4, -0.2) is 17.9 Å². The monoisotopic (exact) mass is 273 g/mol. The lowest BCUT2D eigenvalue weighted by atomic mass is 10.2. The minimum absolute atomic E-state index is 0.0354. The molecule has 0 aliphatic carbocycles. The maximum absolute atomic E-state index is 11.3. The van der Waals surface area contributed by atoms with Gasteiger partial charge in [-0.05, 0) is 30.9 Å². The average molecular weight is 274 g/mol. The number of thioether (sulfide) groups is 1. The van der Waals surface area contributed by atoms with Crippen molar-refractivity contribution in [1.82, 2.24) is 0 Å². The van der Waals surface area contributed by atoms with Gasteiger partial charge in [0.05, 0.1) is 5.75 Å². The van der Waals surface area contributed by atoms with Crippen LogP contribution in [0.15, 0.2) is 22.7 Å². The molecule has 0 aliphatic rings. The van der Waals surface area contributed by atoms with Crippen LogP contribution in [0, 0.1) is 6.92 Å². The van der Waals surface area contributed by atoms with E-state index in [2.05, 4.69) is 21.2 Å². The number of aryl methyl sites for hydroxylation is 1. The molecular formula is C10H12BrNOS. The highest BCUT2D eigenvalue weighted by Gasteiger charge is 2.02. The molecular weight excluding hydrogens is 262 g/mol. The fourth-order valence-electron chi connectivity index (χ4n) is 0.999. The van der Waals surface area contributed by atoms with Crippen LogP contribution in [0.25, 0.3) is 0 Å². The van der Waals surface area contributed by atoms with Crippen LogP contribution in [0.5, 0.6) is 0 Å². The number of hydrogen-bond acceptors (Lipinski definition) is 2. The summed E-state index contributed by atoms with van der Waals surface area (Å²) in [5.41, 5.74) is 1.99. The lowest BCUT2D eigenvalue weighted by Crippen LogP contribution is -2.13. The summed E-state index contributed by atoms with van der Waals surface area (Å²) < 4.78 is 1.01. The van der Waals surface area contributed by atoms with Gasteiger partial charge in [0.1, 0.15) is 0 Å². The van der Waals surface area contributed by atoms with Crippen molar-refractivity contribution in [3.8, 4) is 0 Å². The first-order valence-corrected chi connectivity index (χ1v) is 6.37. The summed E-state index contributed by atoms with van der Waals surface area (Å²) in [6, 6.07) is 5.78. The smallest absolute Gasteiger partial charge is 0.234 e. The summed E-state index contributed by atoms with van der Waals surface area (Å²) >= 11 is 4.93. The Hall–Kier alpha value is -0.480. The topological polar surface area (TPSA) is 29.1 Å². The molecule has 76 valence electrons. The maximum Gasteiger partial charge on any atom is 0.234 e. The zero-order valence-electron chi connectivity index (χ0n) is 8.13. The Morgan fingerprint density at radius 2 is 2.29 bits per heavy atom. The van der Waals surface area contributed by atoms with Crippen molar-refractivity contribution in [2.45, 2.75) is 6.92 Å². The molecule has 0 fully saturated rings. The highest BCUT2D eigenvalue weighted by atomic mass is 79.9. The van der Waals surface area contributed by atoms with Gasteiger partial charge in [-0.2, -0.15) is 11.8 Å². The molecule has 0 unspecified atom stereocenters. The van der Waals surface area contributed by atoms with Gasteiger partial charge >= 0.3 is 0 Å². The van der Waals surface area contributed by atoms with Gasteiger partial charge in [-0.25, -0.2) is 0 Å². The minimum Gasteiger partial charge on any atom is -0.325 e. The van der Waals surface area contributed by atoms with Gasteiger partial charge in [0.2, 0.25) is 5.91 Å². The summed E-state index contributed by atoms with van der Waals surface area (Å²) in [4.78, 5) is 11.3. The largest absolute Gasteiger partial charge is 0.325 e. The first-order chi connectivity index (χ1) is 6.63. The Morgan fingerprint density at radius 3 is 2.86 bits per heavy atom. The van der Waals surface area contributed by atoms with Crippen LogP contribution in [0.1, 0.15) is 5.56 Å². The van der Waals surface area contributed by atoms with E-state index in [1.807, 2.05) is 31.4 Å². The van der Waals surface area contributed by atoms with E-state index in [1.165, 1.54) is 11.8 Å². The van der Waals surface area contributed by atoms with Crippen LogP contribution < -0.4 is 5.32 Å². The molecule has 14 heavy (non-hydrogen) atoms. The second kappa shape index (κ2) is 5.41. The zero-order chi connectivity index (χ0) is 10.6. The van der Waals surface area contributed by atoms with Crippen molar-refractivity contribution in [2.75, 3.05) is 17.3 Å². The maximum atomic E-state index is 11.3. The number of nitrogens with one attached hydrogen (secondary N) is 1. The number of carbonyl (C=O) groups excluding carboxylic acids is 1. The van der Waals surface area contributed by atoms with Gasteiger partial charge in [0.25, 0.3) is 0 Å². The summed E-state index contributed by atoms with van der Waals surface area (Å²) in [5.74, 6) is 0.527. The van der Waals surface area contributed by atoms with Crippen LogP contribution in [0.2, 0.25) is 0 Å². The second-order valence-corrected chi connectivity index (χ2v) is 4.67. The Balaban J connectivity index is 2.68. The summed E-state index contributed by atoms with van der Waals surface area (Å²) in [6.07, 6.45) is 1.91. The normalized spacial score (nSPS) is 9.93. The first kappa shape index (κ1) is 11.6. The van der Waals surface area contributed by atoms with Gasteiger partial charge in [0.15, 0.2) is 0 Å². The standard InChI is InChI=1S/C10H12BrNOS/c1-7-3-4-8(5-9(7)11)12-10(13)6-14-2/h3-5H,6H2,1-2H3,(H,12,13). The molecule has 0 aromatic heterocycles. The van der Waals surface area contributed by atoms with Crippen LogP contribution >= 0.6 is 27.7 Å². The fourth-order valence-corrected chi connectivity index (χ4v) is 1.71. The van der Waals surface area contributed by atoms with Crippen molar-refractivity contribution in [3.63, 3.8) is 0 Å². The van der Waals surface area contributed by atoms with Crippen molar-refractivity contribution < 1.29 is 4.79 Å². The predicted octanol–water partition coefficient (Wildman–Crippen LogP) is 3.06. The van der Waals surface area contributed by atoms with E-state index >= 15 is 0 Å². The van der Waals surface area contributed by atoms with E-state index in [1.54, 1.807) is 0 Å². The molecule has 0 saturated heterocycles. The molecule has 1 amide bonds. The van der Waals surface area contributed by atoms with Crippen LogP contribution in [0.3, 0.4) is 0 Å². The van der Waals surface area contributed by atoms with Gasteiger partial charge < -0.3 is 5.32 Å². The van der Waals surface area contributed by atoms with Gasteiger partial charge in [-0.15, -0.1) is 0 Å². The zero-order valence-corrected chi connectivity index (χ0v) is 10.5. The third-order valence-electron chi connectivity index (χ3n) is 1.73. The van der Waals surface area contributed by atoms with Crippen molar-refractivity contribution in [2.24, 2.45) is 0 Å². The number of hydrogen-bond donors (Lipinski definition) is 1. The molecule has 0 spiro atoms. The predicted molar refractivity (Wildman–Crippen MR) is 65.9 cm³/mol. The van der Waals surface area contributed by atoms with Crippen molar-refractivity contribution >= 4 is 39.3 Å². The molecule has 0 aliphatic heterocycles. The molecule has 0 saturated carbocycles. The fraction of sp³-hybridized carbons (Fsp3) is 0.300. The highest BCUT2D eigenvalue weighted by molar-refractivity contribution is 9.10. The first-order valence-electron chi connectivity index (χ1n) is 4.18. The molecule has 0 heterocycles. The Morgan fingerprint density at radius 1 is 1.57 bits per heavy atom. The van der Waals surface area contributed by atoms with Crippen LogP contribution in [-0.2, 0) is 4.79 Å². The average Bonchev–Trinajstić information content (AvgIpc) is 2.12. The number of benzene rings is 1. The minimum atomic E-state index is 0.0354. The molecule has 1 aromatic carbocycles. The lowest BCUT2D eigenvalue weighted by Gasteiger charge is -2.05. The third kappa shape index (κ3) is 3.35. The number of rotatable bonds is 3. The quantitative estimate of drug-likeness (QED) is 0.917. The van der Waals surface area contributed by atoms with E-state index in [4.69, 9.17) is 0 Å². The van der Waals surface area contributed by atoms with E-state index in [9.17, 15) is 4.79 Å². The van der Waals surface area contributed by atoms with Gasteiger partial charge in [0, 0.05) is 10.2 Å². The Bertz CT molecular complexity index is 341. The molecule has 4 heteroatoms. The number of halogens is 1. The lowest BCUT2D eigenvalue weighted by molar-refractivity contribution is -0.113. The summed E-state index contributed by atoms with van der Waals surface area (Å²) in [7, 11) is 0. The van der Waals surface area contributed by atoms with Gasteiger partial charge in [-0.1, -0.05) is 22.0 Å². The third-order valence-corrected chi connectivity index (χ3v) is 3.14. The van der Waals surface area contributed by atoms with E-state index < -0.39 is 0 Å². The number of anilines is 1. The molecule has 1 aromatic rings. The van der Waals surface area contributed by atoms with Crippen molar-refractivity contribution in [3.05, 3.63) is 28.2 Å². The Kier molecular flexibility index (Phi) is 4.48. The molecule has 0 atom stereocenters.